The zero-order valence-corrected chi connectivity index (χ0v) is 17.7. The van der Waals surface area contributed by atoms with Gasteiger partial charge in [-0.05, 0) is 56.5 Å². The van der Waals surface area contributed by atoms with E-state index in [2.05, 4.69) is 78.7 Å². The molecule has 29 heavy (non-hydrogen) atoms. The second kappa shape index (κ2) is 9.62. The normalized spacial score (nSPS) is 18.9. The lowest BCUT2D eigenvalue weighted by molar-refractivity contribution is 0.0706. The molecule has 3 unspecified atom stereocenters. The fourth-order valence-electron chi connectivity index (χ4n) is 3.72. The van der Waals surface area contributed by atoms with E-state index in [1.54, 1.807) is 6.92 Å². The molecule has 0 amide bonds. The van der Waals surface area contributed by atoms with Gasteiger partial charge < -0.3 is 14.7 Å². The van der Waals surface area contributed by atoms with Crippen molar-refractivity contribution in [2.45, 2.75) is 52.4 Å². The molecule has 1 N–H and O–H groups in total. The van der Waals surface area contributed by atoms with Crippen LogP contribution in [0.4, 0.5) is 0 Å². The molecular weight excluding hydrogens is 358 g/mol. The number of nitrogens with zero attached hydrogens (tertiary/aromatic N) is 1. The number of allylic oxidation sites excluding steroid dienone is 3. The van der Waals surface area contributed by atoms with Crippen molar-refractivity contribution in [2.24, 2.45) is 0 Å². The van der Waals surface area contributed by atoms with Crippen LogP contribution < -0.4 is 0 Å². The van der Waals surface area contributed by atoms with Gasteiger partial charge in [-0.1, -0.05) is 60.2 Å². The molecule has 1 aliphatic heterocycles. The topological polar surface area (TPSA) is 32.7 Å². The maximum Gasteiger partial charge on any atom is 0.109 e. The number of hydrogen-bond acceptors (Lipinski definition) is 3. The quantitative estimate of drug-likeness (QED) is 0.591. The van der Waals surface area contributed by atoms with E-state index in [4.69, 9.17) is 4.74 Å². The number of rotatable bonds is 7. The third-order valence-corrected chi connectivity index (χ3v) is 4.97. The van der Waals surface area contributed by atoms with E-state index in [9.17, 15) is 5.11 Å². The van der Waals surface area contributed by atoms with Crippen LogP contribution in [0, 0.1) is 6.92 Å². The van der Waals surface area contributed by atoms with Crippen LogP contribution in [0.25, 0.3) is 5.57 Å². The van der Waals surface area contributed by atoms with E-state index in [1.807, 2.05) is 26.1 Å². The van der Waals surface area contributed by atoms with Crippen molar-refractivity contribution >= 4 is 5.57 Å². The molecule has 0 aromatic heterocycles. The molecule has 2 aromatic carbocycles. The van der Waals surface area contributed by atoms with Crippen LogP contribution in [0.3, 0.4) is 0 Å². The molecule has 0 bridgehead atoms. The lowest BCUT2D eigenvalue weighted by Crippen LogP contribution is -2.21. The van der Waals surface area contributed by atoms with Crippen molar-refractivity contribution in [1.29, 1.82) is 0 Å². The van der Waals surface area contributed by atoms with Crippen LogP contribution in [-0.4, -0.2) is 22.2 Å². The molecule has 0 spiro atoms. The Morgan fingerprint density at radius 1 is 1.14 bits per heavy atom. The van der Waals surface area contributed by atoms with Crippen molar-refractivity contribution in [2.75, 3.05) is 0 Å². The number of aliphatic hydroxyl groups excluding tert-OH is 1. The lowest BCUT2D eigenvalue weighted by atomic mass is 9.95. The van der Waals surface area contributed by atoms with Crippen molar-refractivity contribution in [3.8, 4) is 0 Å². The molecule has 1 aliphatic rings. The summed E-state index contributed by atoms with van der Waals surface area (Å²) in [5.41, 5.74) is 4.92. The first-order chi connectivity index (χ1) is 13.9. The largest absolute Gasteiger partial charge is 0.494 e. The molecule has 2 aromatic rings. The molecule has 0 saturated heterocycles. The van der Waals surface area contributed by atoms with Crippen LogP contribution in [-0.2, 0) is 4.74 Å². The molecule has 0 fully saturated rings. The molecule has 1 heterocycles. The summed E-state index contributed by atoms with van der Waals surface area (Å²) in [5.74, 6) is 0.830. The number of benzene rings is 2. The lowest BCUT2D eigenvalue weighted by Gasteiger charge is -2.30. The van der Waals surface area contributed by atoms with Crippen molar-refractivity contribution in [3.63, 3.8) is 0 Å². The van der Waals surface area contributed by atoms with E-state index < -0.39 is 0 Å². The van der Waals surface area contributed by atoms with E-state index in [1.165, 1.54) is 22.3 Å². The average molecular weight is 390 g/mol. The van der Waals surface area contributed by atoms with Crippen molar-refractivity contribution in [1.82, 2.24) is 4.90 Å². The fraction of sp³-hybridized carbons (Fsp3) is 0.308. The van der Waals surface area contributed by atoms with Crippen LogP contribution in [0.15, 0.2) is 84.9 Å². The molecule has 0 saturated carbocycles. The highest BCUT2D eigenvalue weighted by Gasteiger charge is 2.19. The smallest absolute Gasteiger partial charge is 0.109 e. The highest BCUT2D eigenvalue weighted by atomic mass is 16.5. The van der Waals surface area contributed by atoms with E-state index in [0.717, 1.165) is 5.76 Å². The van der Waals surface area contributed by atoms with Crippen LogP contribution in [0.5, 0.6) is 0 Å². The molecule has 152 valence electrons. The summed E-state index contributed by atoms with van der Waals surface area (Å²) in [4.78, 5) is 2.18. The minimum absolute atomic E-state index is 0.0337. The minimum Gasteiger partial charge on any atom is -0.494 e. The summed E-state index contributed by atoms with van der Waals surface area (Å²) in [6, 6.07) is 19.2. The average Bonchev–Trinajstić information content (AvgIpc) is 2.68. The zero-order chi connectivity index (χ0) is 20.8. The highest BCUT2D eigenvalue weighted by molar-refractivity contribution is 5.76. The van der Waals surface area contributed by atoms with E-state index in [-0.39, 0.29) is 18.2 Å². The van der Waals surface area contributed by atoms with Crippen molar-refractivity contribution < 1.29 is 9.84 Å². The Morgan fingerprint density at radius 3 is 2.59 bits per heavy atom. The summed E-state index contributed by atoms with van der Waals surface area (Å²) in [6.07, 6.45) is 8.81. The van der Waals surface area contributed by atoms with E-state index in [0.29, 0.717) is 6.42 Å². The van der Waals surface area contributed by atoms with Gasteiger partial charge in [0, 0.05) is 18.8 Å². The first-order valence-corrected chi connectivity index (χ1v) is 10.2. The summed E-state index contributed by atoms with van der Waals surface area (Å²) in [7, 11) is 0. The van der Waals surface area contributed by atoms with Gasteiger partial charge in [0.1, 0.15) is 5.76 Å². The number of hydrogen-bond donors (Lipinski definition) is 1. The Morgan fingerprint density at radius 2 is 1.90 bits per heavy atom. The Kier molecular flexibility index (Phi) is 6.95. The number of aliphatic hydroxyl groups is 1. The molecular formula is C26H31NO2. The monoisotopic (exact) mass is 389 g/mol. The maximum absolute atomic E-state index is 9.58. The van der Waals surface area contributed by atoms with Gasteiger partial charge in [-0.25, -0.2) is 0 Å². The van der Waals surface area contributed by atoms with Gasteiger partial charge in [-0.3, -0.25) is 0 Å². The van der Waals surface area contributed by atoms with Crippen LogP contribution in [0.2, 0.25) is 0 Å². The first kappa shape index (κ1) is 20.9. The van der Waals surface area contributed by atoms with E-state index >= 15 is 0 Å². The second-order valence-electron chi connectivity index (χ2n) is 7.86. The first-order valence-electron chi connectivity index (χ1n) is 10.2. The molecule has 0 radical (unpaired) electrons. The molecule has 3 heteroatoms. The predicted molar refractivity (Wildman–Crippen MR) is 120 cm³/mol. The van der Waals surface area contributed by atoms with Gasteiger partial charge in [-0.15, -0.1) is 0 Å². The summed E-state index contributed by atoms with van der Waals surface area (Å²) in [6.45, 7) is 7.86. The van der Waals surface area contributed by atoms with Crippen LogP contribution in [0.1, 0.15) is 49.9 Å². The molecule has 0 aliphatic carbocycles. The van der Waals surface area contributed by atoms with Gasteiger partial charge in [-0.2, -0.15) is 0 Å². The number of aryl methyl sites for hydroxylation is 1. The van der Waals surface area contributed by atoms with Gasteiger partial charge in [0.2, 0.25) is 0 Å². The Bertz CT molecular complexity index is 896. The summed E-state index contributed by atoms with van der Waals surface area (Å²) < 4.78 is 5.98. The SMILES string of the molecule is C/C(=C/N1C=CC(c2cccc(C)c2)=CC1c1ccccc1)OC(C)CC(C)O. The van der Waals surface area contributed by atoms with Gasteiger partial charge >= 0.3 is 0 Å². The summed E-state index contributed by atoms with van der Waals surface area (Å²) >= 11 is 0. The third kappa shape index (κ3) is 5.85. The Balaban J connectivity index is 1.87. The van der Waals surface area contributed by atoms with Crippen molar-refractivity contribution in [3.05, 3.63) is 102 Å². The molecule has 3 nitrogen and oxygen atoms in total. The molecule has 3 rings (SSSR count). The third-order valence-electron chi connectivity index (χ3n) is 4.97. The molecule has 3 atom stereocenters. The number of ether oxygens (including phenoxy) is 1. The van der Waals surface area contributed by atoms with Gasteiger partial charge in [0.25, 0.3) is 0 Å². The fourth-order valence-corrected chi connectivity index (χ4v) is 3.72. The second-order valence-corrected chi connectivity index (χ2v) is 7.86. The minimum atomic E-state index is -0.371. The van der Waals surface area contributed by atoms with Gasteiger partial charge in [0.15, 0.2) is 0 Å². The van der Waals surface area contributed by atoms with Crippen LogP contribution >= 0.6 is 0 Å². The standard InChI is InChI=1S/C26H31NO2/c1-19-9-8-12-24(15-19)25-13-14-27(18-22(4)29-21(3)16-20(2)28)26(17-25)23-10-6-5-7-11-23/h5-15,17-18,20-21,26,28H,16H2,1-4H3/b22-18-. The maximum atomic E-state index is 9.58. The Labute approximate surface area is 174 Å². The predicted octanol–water partition coefficient (Wildman–Crippen LogP) is 5.99. The van der Waals surface area contributed by atoms with Gasteiger partial charge in [0.05, 0.1) is 18.2 Å². The Hall–Kier alpha value is -2.78. The highest BCUT2D eigenvalue weighted by Crippen LogP contribution is 2.33. The zero-order valence-electron chi connectivity index (χ0n) is 17.7. The summed E-state index contributed by atoms with van der Waals surface area (Å²) in [5, 5.41) is 9.58.